The molecule has 3 saturated heterocycles. The number of hydrogen-bond donors (Lipinski definition) is 1. The zero-order valence-electron chi connectivity index (χ0n) is 26.8. The Balaban J connectivity index is 1.17. The van der Waals surface area contributed by atoms with E-state index in [4.69, 9.17) is 4.74 Å². The van der Waals surface area contributed by atoms with Crippen LogP contribution in [0.15, 0.2) is 120 Å². The van der Waals surface area contributed by atoms with E-state index in [9.17, 15) is 19.2 Å². The lowest BCUT2D eigenvalue weighted by atomic mass is 10.0. The minimum Gasteiger partial charge on any atom is -0.450 e. The van der Waals surface area contributed by atoms with Gasteiger partial charge in [-0.05, 0) is 29.2 Å². The summed E-state index contributed by atoms with van der Waals surface area (Å²) >= 11 is 1.17. The van der Waals surface area contributed by atoms with Crippen LogP contribution in [0.25, 0.3) is 0 Å². The van der Waals surface area contributed by atoms with Gasteiger partial charge in [-0.1, -0.05) is 133 Å². The number of thioether (sulfide) groups is 1. The fourth-order valence-corrected chi connectivity index (χ4v) is 8.02. The first kappa shape index (κ1) is 32.1. The van der Waals surface area contributed by atoms with Crippen molar-refractivity contribution in [3.63, 3.8) is 0 Å². The van der Waals surface area contributed by atoms with Crippen molar-refractivity contribution in [1.29, 1.82) is 0 Å². The van der Waals surface area contributed by atoms with Crippen LogP contribution in [-0.4, -0.2) is 80.8 Å². The summed E-state index contributed by atoms with van der Waals surface area (Å²) < 4.78 is 6.37. The maximum absolute atomic E-state index is 14.7. The van der Waals surface area contributed by atoms with Gasteiger partial charge in [0.2, 0.25) is 16.7 Å². The SMILES string of the molecule is Cc1ccc(C=NN2CCN([C@]3(C(=O)OC(c4ccccc4)c4ccccc4)CN4C(=O)[C@@H](NC(=O)Cc5ccccc5)[C@H]4S3)C2=O)cc1. The molecule has 3 fully saturated rings. The number of carbonyl (C=O) groups excluding carboxylic acids is 4. The lowest BCUT2D eigenvalue weighted by molar-refractivity contribution is -0.157. The molecule has 3 heterocycles. The number of aryl methyl sites for hydroxylation is 1. The van der Waals surface area contributed by atoms with Gasteiger partial charge in [0.25, 0.3) is 0 Å². The largest absolute Gasteiger partial charge is 0.450 e. The number of urea groups is 1. The van der Waals surface area contributed by atoms with Crippen LogP contribution in [-0.2, 0) is 25.5 Å². The van der Waals surface area contributed by atoms with Gasteiger partial charge in [0.05, 0.1) is 25.7 Å². The Morgan fingerprint density at radius 2 is 1.51 bits per heavy atom. The Kier molecular flexibility index (Phi) is 8.92. The molecule has 4 amide bonds. The summed E-state index contributed by atoms with van der Waals surface area (Å²) in [6, 6.07) is 34.5. The second-order valence-electron chi connectivity index (χ2n) is 12.3. The van der Waals surface area contributed by atoms with E-state index in [1.807, 2.05) is 122 Å². The maximum Gasteiger partial charge on any atom is 0.345 e. The lowest BCUT2D eigenvalue weighted by Gasteiger charge is -2.41. The Labute approximate surface area is 288 Å². The summed E-state index contributed by atoms with van der Waals surface area (Å²) in [5.41, 5.74) is 4.30. The van der Waals surface area contributed by atoms with Gasteiger partial charge < -0.3 is 15.0 Å². The minimum absolute atomic E-state index is 0.0807. The Morgan fingerprint density at radius 1 is 0.898 bits per heavy atom. The van der Waals surface area contributed by atoms with Gasteiger partial charge in [-0.25, -0.2) is 14.6 Å². The third kappa shape index (κ3) is 6.41. The molecule has 3 aliphatic rings. The summed E-state index contributed by atoms with van der Waals surface area (Å²) in [6.07, 6.45) is 0.971. The topological polar surface area (TPSA) is 112 Å². The first-order valence-electron chi connectivity index (χ1n) is 16.1. The van der Waals surface area contributed by atoms with Gasteiger partial charge in [0.1, 0.15) is 11.4 Å². The molecule has 0 spiro atoms. The van der Waals surface area contributed by atoms with Crippen molar-refractivity contribution in [3.8, 4) is 0 Å². The molecule has 3 aliphatic heterocycles. The standard InChI is InChI=1S/C38H35N5O5S/c1-26-17-19-28(20-18-26)24-39-43-22-21-42(37(43)47)38(36(46)48-33(29-13-7-3-8-14-29)30-15-9-4-10-16-30)25-41-34(45)32(35(41)49-38)40-31(44)23-27-11-5-2-6-12-27/h2-20,24,32-33,35H,21-23,25H2,1H3,(H,40,44)/t32-,35-,38-/m1/s1. The highest BCUT2D eigenvalue weighted by atomic mass is 32.2. The van der Waals surface area contributed by atoms with E-state index in [1.165, 1.54) is 21.7 Å². The van der Waals surface area contributed by atoms with Gasteiger partial charge in [-0.15, -0.1) is 0 Å². The number of β-lactam (4-membered cyclic amide) rings is 1. The van der Waals surface area contributed by atoms with Crippen LogP contribution >= 0.6 is 11.8 Å². The van der Waals surface area contributed by atoms with Crippen molar-refractivity contribution in [3.05, 3.63) is 143 Å². The van der Waals surface area contributed by atoms with Crippen LogP contribution in [0.3, 0.4) is 0 Å². The molecule has 7 rings (SSSR count). The van der Waals surface area contributed by atoms with E-state index in [2.05, 4.69) is 10.4 Å². The number of carbonyl (C=O) groups is 4. The molecule has 0 aromatic heterocycles. The molecule has 4 aromatic carbocycles. The molecule has 11 heteroatoms. The highest BCUT2D eigenvalue weighted by Crippen LogP contribution is 2.51. The van der Waals surface area contributed by atoms with Gasteiger partial charge >= 0.3 is 12.0 Å². The van der Waals surface area contributed by atoms with Crippen LogP contribution in [0, 0.1) is 6.92 Å². The molecular formula is C38H35N5O5S. The Bertz CT molecular complexity index is 1840. The van der Waals surface area contributed by atoms with Gasteiger partial charge in [-0.3, -0.25) is 14.5 Å². The molecule has 0 radical (unpaired) electrons. The number of rotatable bonds is 10. The normalized spacial score (nSPS) is 21.6. The maximum atomic E-state index is 14.7. The van der Waals surface area contributed by atoms with Crippen molar-refractivity contribution in [2.75, 3.05) is 19.6 Å². The number of esters is 1. The Hall–Kier alpha value is -5.42. The third-order valence-corrected chi connectivity index (χ3v) is 10.6. The molecule has 3 atom stereocenters. The summed E-state index contributed by atoms with van der Waals surface area (Å²) in [4.78, 5) is 56.6. The summed E-state index contributed by atoms with van der Waals surface area (Å²) in [6.45, 7) is 2.34. The molecule has 0 saturated carbocycles. The van der Waals surface area contributed by atoms with Gasteiger partial charge in [0.15, 0.2) is 6.10 Å². The summed E-state index contributed by atoms with van der Waals surface area (Å²) in [5.74, 6) is -1.26. The number of nitrogens with one attached hydrogen (secondary N) is 1. The number of fused-ring (bicyclic) bond motifs is 1. The molecule has 0 unspecified atom stereocenters. The van der Waals surface area contributed by atoms with Crippen molar-refractivity contribution in [2.45, 2.75) is 35.7 Å². The second kappa shape index (κ2) is 13.6. The van der Waals surface area contributed by atoms with Crippen molar-refractivity contribution in [1.82, 2.24) is 20.1 Å². The number of nitrogens with zero attached hydrogens (tertiary/aromatic N) is 4. The Morgan fingerprint density at radius 3 is 2.14 bits per heavy atom. The molecule has 248 valence electrons. The first-order valence-corrected chi connectivity index (χ1v) is 17.0. The molecule has 1 N–H and O–H groups in total. The monoisotopic (exact) mass is 673 g/mol. The van der Waals surface area contributed by atoms with Gasteiger partial charge in [0, 0.05) is 6.54 Å². The van der Waals surface area contributed by atoms with E-state index in [0.29, 0.717) is 0 Å². The highest BCUT2D eigenvalue weighted by Gasteiger charge is 2.67. The van der Waals surface area contributed by atoms with E-state index >= 15 is 0 Å². The number of benzene rings is 4. The average molecular weight is 674 g/mol. The van der Waals surface area contributed by atoms with Gasteiger partial charge in [-0.2, -0.15) is 5.10 Å². The predicted molar refractivity (Wildman–Crippen MR) is 186 cm³/mol. The van der Waals surface area contributed by atoms with Crippen LogP contribution < -0.4 is 5.32 Å². The van der Waals surface area contributed by atoms with E-state index < -0.39 is 34.4 Å². The average Bonchev–Trinajstić information content (AvgIpc) is 3.69. The lowest BCUT2D eigenvalue weighted by Crippen LogP contribution is -2.67. The molecule has 49 heavy (non-hydrogen) atoms. The zero-order chi connectivity index (χ0) is 34.0. The second-order valence-corrected chi connectivity index (χ2v) is 13.7. The molecular weight excluding hydrogens is 639 g/mol. The number of hydrogen-bond acceptors (Lipinski definition) is 7. The molecule has 0 bridgehead atoms. The van der Waals surface area contributed by atoms with E-state index in [-0.39, 0.29) is 37.9 Å². The predicted octanol–water partition coefficient (Wildman–Crippen LogP) is 4.74. The highest BCUT2D eigenvalue weighted by molar-refractivity contribution is 8.02. The van der Waals surface area contributed by atoms with Crippen molar-refractivity contribution in [2.24, 2.45) is 5.10 Å². The zero-order valence-corrected chi connectivity index (χ0v) is 27.7. The quantitative estimate of drug-likeness (QED) is 0.148. The van der Waals surface area contributed by atoms with Crippen LogP contribution in [0.2, 0.25) is 0 Å². The molecule has 0 aliphatic carbocycles. The molecule has 4 aromatic rings. The smallest absolute Gasteiger partial charge is 0.345 e. The first-order chi connectivity index (χ1) is 23.8. The van der Waals surface area contributed by atoms with Crippen molar-refractivity contribution < 1.29 is 23.9 Å². The fraction of sp³-hybridized carbons (Fsp3) is 0.237. The van der Waals surface area contributed by atoms with Crippen LogP contribution in [0.4, 0.5) is 4.79 Å². The van der Waals surface area contributed by atoms with E-state index in [0.717, 1.165) is 27.8 Å². The fourth-order valence-electron chi connectivity index (χ4n) is 6.34. The molecule has 10 nitrogen and oxygen atoms in total. The number of ether oxygens (including phenoxy) is 1. The van der Waals surface area contributed by atoms with E-state index in [1.54, 1.807) is 11.1 Å². The number of amides is 4. The minimum atomic E-state index is -1.58. The van der Waals surface area contributed by atoms with Crippen LogP contribution in [0.1, 0.15) is 33.9 Å². The third-order valence-electron chi connectivity index (χ3n) is 8.96. The van der Waals surface area contributed by atoms with Crippen molar-refractivity contribution >= 4 is 41.8 Å². The van der Waals surface area contributed by atoms with Crippen LogP contribution in [0.5, 0.6) is 0 Å². The summed E-state index contributed by atoms with van der Waals surface area (Å²) in [5, 5.41) is 8.09. The summed E-state index contributed by atoms with van der Waals surface area (Å²) in [7, 11) is 0. The number of hydrazone groups is 1.